The molecule has 0 radical (unpaired) electrons. The maximum atomic E-state index is 13.4. The lowest BCUT2D eigenvalue weighted by atomic mass is 10.1. The Balaban J connectivity index is 1.93. The van der Waals surface area contributed by atoms with Gasteiger partial charge >= 0.3 is 6.18 Å². The molecule has 28 heavy (non-hydrogen) atoms. The number of halogens is 3. The van der Waals surface area contributed by atoms with Crippen LogP contribution in [0.2, 0.25) is 0 Å². The summed E-state index contributed by atoms with van der Waals surface area (Å²) in [5, 5.41) is 3.81. The number of carbonyl (C=O) groups is 1. The number of rotatable bonds is 6. The van der Waals surface area contributed by atoms with Crippen LogP contribution < -0.4 is 4.74 Å². The molecule has 0 aliphatic rings. The van der Waals surface area contributed by atoms with Crippen molar-refractivity contribution in [3.8, 4) is 28.6 Å². The molecule has 0 bridgehead atoms. The molecule has 0 atom stereocenters. The smallest absolute Gasteiger partial charge is 0.419 e. The Labute approximate surface area is 159 Å². The zero-order valence-electron chi connectivity index (χ0n) is 15.2. The molecule has 0 spiro atoms. The molecule has 0 unspecified atom stereocenters. The lowest BCUT2D eigenvalue weighted by Gasteiger charge is -2.15. The predicted molar refractivity (Wildman–Crippen MR) is 95.9 cm³/mol. The molecule has 0 aliphatic heterocycles. The Hall–Kier alpha value is -3.16. The number of hydrogen-bond donors (Lipinski definition) is 0. The second-order valence-corrected chi connectivity index (χ2v) is 6.58. The first-order valence-corrected chi connectivity index (χ1v) is 8.51. The van der Waals surface area contributed by atoms with E-state index in [0.717, 1.165) is 6.07 Å². The minimum Gasteiger partial charge on any atom is -0.493 e. The molecule has 8 heteroatoms. The standard InChI is InChI=1S/C20H17F3N2O3/c1-12(2)11-27-17-8-7-15(9-16(17)20(21,22)23)19-24-18(25-28-19)14-5-3-13(10-26)4-6-14/h3-10,12H,11H2,1-2H3. The van der Waals surface area contributed by atoms with Crippen LogP contribution in [0, 0.1) is 5.92 Å². The second-order valence-electron chi connectivity index (χ2n) is 6.58. The molecule has 0 aliphatic carbocycles. The first-order valence-electron chi connectivity index (χ1n) is 8.51. The molecular weight excluding hydrogens is 373 g/mol. The zero-order chi connectivity index (χ0) is 20.3. The van der Waals surface area contributed by atoms with Gasteiger partial charge in [0.05, 0.1) is 12.2 Å². The fourth-order valence-corrected chi connectivity index (χ4v) is 2.44. The Morgan fingerprint density at radius 1 is 1.11 bits per heavy atom. The van der Waals surface area contributed by atoms with Crippen molar-refractivity contribution < 1.29 is 27.2 Å². The van der Waals surface area contributed by atoms with Gasteiger partial charge in [-0.05, 0) is 24.1 Å². The molecule has 3 rings (SSSR count). The van der Waals surface area contributed by atoms with Crippen LogP contribution in [-0.2, 0) is 6.18 Å². The predicted octanol–water partition coefficient (Wildman–Crippen LogP) is 5.27. The molecule has 1 aromatic heterocycles. The van der Waals surface area contributed by atoms with E-state index in [1.807, 2.05) is 13.8 Å². The SMILES string of the molecule is CC(C)COc1ccc(-c2nc(-c3ccc(C=O)cc3)no2)cc1C(F)(F)F. The molecule has 5 nitrogen and oxygen atoms in total. The van der Waals surface area contributed by atoms with Crippen molar-refractivity contribution >= 4 is 6.29 Å². The summed E-state index contributed by atoms with van der Waals surface area (Å²) in [5.74, 6) is 0.00974. The van der Waals surface area contributed by atoms with Gasteiger partial charge in [0.1, 0.15) is 12.0 Å². The van der Waals surface area contributed by atoms with Gasteiger partial charge in [0.2, 0.25) is 5.82 Å². The maximum absolute atomic E-state index is 13.4. The monoisotopic (exact) mass is 390 g/mol. The van der Waals surface area contributed by atoms with Gasteiger partial charge in [-0.15, -0.1) is 0 Å². The first-order chi connectivity index (χ1) is 13.3. The van der Waals surface area contributed by atoms with E-state index in [-0.39, 0.29) is 35.6 Å². The first kappa shape index (κ1) is 19.6. The number of nitrogens with zero attached hydrogens (tertiary/aromatic N) is 2. The summed E-state index contributed by atoms with van der Waals surface area (Å²) in [7, 11) is 0. The van der Waals surface area contributed by atoms with Crippen molar-refractivity contribution in [2.24, 2.45) is 5.92 Å². The summed E-state index contributed by atoms with van der Waals surface area (Å²) < 4.78 is 50.7. The molecule has 0 amide bonds. The van der Waals surface area contributed by atoms with Gasteiger partial charge in [0.15, 0.2) is 0 Å². The van der Waals surface area contributed by atoms with E-state index in [9.17, 15) is 18.0 Å². The Morgan fingerprint density at radius 3 is 2.39 bits per heavy atom. The van der Waals surface area contributed by atoms with Crippen LogP contribution in [0.5, 0.6) is 5.75 Å². The highest BCUT2D eigenvalue weighted by molar-refractivity contribution is 5.76. The van der Waals surface area contributed by atoms with E-state index in [2.05, 4.69) is 10.1 Å². The minimum atomic E-state index is -4.59. The third-order valence-electron chi connectivity index (χ3n) is 3.84. The van der Waals surface area contributed by atoms with Crippen LogP contribution in [0.15, 0.2) is 47.0 Å². The summed E-state index contributed by atoms with van der Waals surface area (Å²) in [6.45, 7) is 3.87. The molecule has 3 aromatic rings. The van der Waals surface area contributed by atoms with Gasteiger partial charge in [0, 0.05) is 16.7 Å². The zero-order valence-corrected chi connectivity index (χ0v) is 15.2. The number of benzene rings is 2. The van der Waals surface area contributed by atoms with Crippen molar-refractivity contribution in [3.63, 3.8) is 0 Å². The summed E-state index contributed by atoms with van der Waals surface area (Å²) in [5.41, 5.74) is 0.293. The third kappa shape index (κ3) is 4.39. The Kier molecular flexibility index (Phi) is 5.48. The van der Waals surface area contributed by atoms with Crippen LogP contribution >= 0.6 is 0 Å². The topological polar surface area (TPSA) is 65.2 Å². The average Bonchev–Trinajstić information content (AvgIpc) is 3.15. The van der Waals surface area contributed by atoms with Crippen LogP contribution in [0.3, 0.4) is 0 Å². The molecule has 1 heterocycles. The van der Waals surface area contributed by atoms with Crippen molar-refractivity contribution in [2.45, 2.75) is 20.0 Å². The maximum Gasteiger partial charge on any atom is 0.419 e. The number of aldehydes is 1. The number of alkyl halides is 3. The van der Waals surface area contributed by atoms with Gasteiger partial charge in [0.25, 0.3) is 5.89 Å². The number of ether oxygens (including phenoxy) is 1. The van der Waals surface area contributed by atoms with Gasteiger partial charge in [-0.3, -0.25) is 4.79 Å². The van der Waals surface area contributed by atoms with E-state index < -0.39 is 11.7 Å². The Bertz CT molecular complexity index is 964. The molecule has 0 fully saturated rings. The van der Waals surface area contributed by atoms with Crippen molar-refractivity contribution in [2.75, 3.05) is 6.61 Å². The highest BCUT2D eigenvalue weighted by Gasteiger charge is 2.35. The highest BCUT2D eigenvalue weighted by Crippen LogP contribution is 2.39. The third-order valence-corrected chi connectivity index (χ3v) is 3.84. The number of aromatic nitrogens is 2. The summed E-state index contributed by atoms with van der Waals surface area (Å²) in [6.07, 6.45) is -3.89. The lowest BCUT2D eigenvalue weighted by molar-refractivity contribution is -0.139. The molecule has 2 aromatic carbocycles. The normalized spacial score (nSPS) is 11.6. The van der Waals surface area contributed by atoms with E-state index in [0.29, 0.717) is 17.4 Å². The van der Waals surface area contributed by atoms with E-state index >= 15 is 0 Å². The van der Waals surface area contributed by atoms with Crippen LogP contribution in [0.25, 0.3) is 22.8 Å². The van der Waals surface area contributed by atoms with Crippen LogP contribution in [0.4, 0.5) is 13.2 Å². The van der Waals surface area contributed by atoms with Gasteiger partial charge < -0.3 is 9.26 Å². The van der Waals surface area contributed by atoms with Gasteiger partial charge in [-0.1, -0.05) is 43.3 Å². The van der Waals surface area contributed by atoms with Crippen LogP contribution in [0.1, 0.15) is 29.8 Å². The van der Waals surface area contributed by atoms with E-state index in [4.69, 9.17) is 9.26 Å². The van der Waals surface area contributed by atoms with Gasteiger partial charge in [-0.2, -0.15) is 18.2 Å². The summed E-state index contributed by atoms with van der Waals surface area (Å²) in [6, 6.07) is 10.1. The quantitative estimate of drug-likeness (QED) is 0.537. The average molecular weight is 390 g/mol. The number of hydrogen-bond acceptors (Lipinski definition) is 5. The molecule has 0 saturated carbocycles. The number of carbonyl (C=O) groups excluding carboxylic acids is 1. The Morgan fingerprint density at radius 2 is 1.79 bits per heavy atom. The fraction of sp³-hybridized carbons (Fsp3) is 0.250. The lowest BCUT2D eigenvalue weighted by Crippen LogP contribution is -2.12. The summed E-state index contributed by atoms with van der Waals surface area (Å²) in [4.78, 5) is 14.9. The van der Waals surface area contributed by atoms with E-state index in [1.54, 1.807) is 24.3 Å². The highest BCUT2D eigenvalue weighted by atomic mass is 19.4. The molecule has 0 N–H and O–H groups in total. The minimum absolute atomic E-state index is 0.0460. The van der Waals surface area contributed by atoms with Crippen molar-refractivity contribution in [3.05, 3.63) is 53.6 Å². The largest absolute Gasteiger partial charge is 0.493 e. The van der Waals surface area contributed by atoms with E-state index in [1.165, 1.54) is 12.1 Å². The summed E-state index contributed by atoms with van der Waals surface area (Å²) >= 11 is 0. The molecule has 0 saturated heterocycles. The fourth-order valence-electron chi connectivity index (χ4n) is 2.44. The second kappa shape index (κ2) is 7.84. The molecule has 146 valence electrons. The van der Waals surface area contributed by atoms with Gasteiger partial charge in [-0.25, -0.2) is 0 Å². The van der Waals surface area contributed by atoms with Crippen LogP contribution in [-0.4, -0.2) is 23.0 Å². The van der Waals surface area contributed by atoms with Crippen molar-refractivity contribution in [1.82, 2.24) is 10.1 Å². The molecular formula is C20H17F3N2O3. The van der Waals surface area contributed by atoms with Crippen molar-refractivity contribution in [1.29, 1.82) is 0 Å².